The molecule has 0 aliphatic carbocycles. The van der Waals surface area contributed by atoms with Crippen LogP contribution in [-0.2, 0) is 20.7 Å². The lowest BCUT2D eigenvalue weighted by molar-refractivity contribution is -0.146. The van der Waals surface area contributed by atoms with Crippen LogP contribution in [0.3, 0.4) is 0 Å². The fraction of sp³-hybridized carbons (Fsp3) is 0.188. The zero-order chi connectivity index (χ0) is 16.7. The third kappa shape index (κ3) is 6.18. The fourth-order valence-corrected chi connectivity index (χ4v) is 2.87. The van der Waals surface area contributed by atoms with E-state index in [0.29, 0.717) is 5.75 Å². The Hall–Kier alpha value is -1.62. The summed E-state index contributed by atoms with van der Waals surface area (Å²) in [7, 11) is -2.60. The average molecular weight is 398 g/mol. The van der Waals surface area contributed by atoms with E-state index in [-0.39, 0.29) is 6.61 Å². The smallest absolute Gasteiger partial charge is 0.323 e. The van der Waals surface area contributed by atoms with E-state index in [1.807, 2.05) is 30.3 Å². The van der Waals surface area contributed by atoms with Crippen LogP contribution in [0.1, 0.15) is 12.5 Å². The summed E-state index contributed by atoms with van der Waals surface area (Å²) in [5.74, 6) is -0.0129. The SMILES string of the molecule is C[C@H](N[PH](=O)Oc1ccc(Br)cc1)C(=O)OCc1ccccc1. The summed E-state index contributed by atoms with van der Waals surface area (Å²) in [6.45, 7) is 1.76. The van der Waals surface area contributed by atoms with E-state index in [9.17, 15) is 9.36 Å². The van der Waals surface area contributed by atoms with Gasteiger partial charge in [-0.2, -0.15) is 0 Å². The third-order valence-electron chi connectivity index (χ3n) is 2.94. The molecule has 0 aliphatic rings. The molecule has 0 saturated heterocycles. The van der Waals surface area contributed by atoms with E-state index in [4.69, 9.17) is 9.26 Å². The molecule has 122 valence electrons. The van der Waals surface area contributed by atoms with Crippen molar-refractivity contribution in [3.63, 3.8) is 0 Å². The molecule has 0 bridgehead atoms. The van der Waals surface area contributed by atoms with Crippen molar-refractivity contribution in [1.29, 1.82) is 0 Å². The number of carbonyl (C=O) groups excluding carboxylic acids is 1. The Labute approximate surface area is 144 Å². The molecule has 2 aromatic carbocycles. The van der Waals surface area contributed by atoms with Gasteiger partial charge in [-0.1, -0.05) is 46.3 Å². The number of carbonyl (C=O) groups is 1. The second kappa shape index (κ2) is 8.87. The molecule has 0 aromatic heterocycles. The molecule has 0 fully saturated rings. The zero-order valence-corrected chi connectivity index (χ0v) is 15.1. The summed E-state index contributed by atoms with van der Waals surface area (Å²) in [6, 6.07) is 15.6. The van der Waals surface area contributed by atoms with Gasteiger partial charge in [-0.3, -0.25) is 9.36 Å². The van der Waals surface area contributed by atoms with Gasteiger partial charge in [0.1, 0.15) is 18.4 Å². The number of benzene rings is 2. The Morgan fingerprint density at radius 2 is 1.83 bits per heavy atom. The molecule has 0 saturated carbocycles. The van der Waals surface area contributed by atoms with Crippen LogP contribution in [0, 0.1) is 0 Å². The third-order valence-corrected chi connectivity index (χ3v) is 4.55. The van der Waals surface area contributed by atoms with Gasteiger partial charge in [-0.25, -0.2) is 5.09 Å². The van der Waals surface area contributed by atoms with E-state index in [0.717, 1.165) is 10.0 Å². The van der Waals surface area contributed by atoms with Crippen LogP contribution in [0.5, 0.6) is 5.75 Å². The first-order valence-corrected chi connectivity index (χ1v) is 9.10. The van der Waals surface area contributed by atoms with Crippen molar-refractivity contribution in [3.05, 3.63) is 64.6 Å². The maximum Gasteiger partial charge on any atom is 0.323 e. The highest BCUT2D eigenvalue weighted by atomic mass is 79.9. The quantitative estimate of drug-likeness (QED) is 0.566. The van der Waals surface area contributed by atoms with Gasteiger partial charge in [0.2, 0.25) is 0 Å². The highest BCUT2D eigenvalue weighted by Crippen LogP contribution is 2.25. The van der Waals surface area contributed by atoms with Crippen molar-refractivity contribution in [2.75, 3.05) is 0 Å². The molecular formula is C16H17BrNO4P. The summed E-state index contributed by atoms with van der Waals surface area (Å²) in [5.41, 5.74) is 0.895. The largest absolute Gasteiger partial charge is 0.460 e. The summed E-state index contributed by atoms with van der Waals surface area (Å²) in [5, 5.41) is 2.62. The number of hydrogen-bond donors (Lipinski definition) is 1. The van der Waals surface area contributed by atoms with Gasteiger partial charge in [-0.15, -0.1) is 0 Å². The predicted octanol–water partition coefficient (Wildman–Crippen LogP) is 3.94. The van der Waals surface area contributed by atoms with Crippen molar-refractivity contribution in [1.82, 2.24) is 5.09 Å². The Morgan fingerprint density at radius 3 is 2.48 bits per heavy atom. The number of nitrogens with one attached hydrogen (secondary N) is 1. The molecule has 5 nitrogen and oxygen atoms in total. The minimum Gasteiger partial charge on any atom is -0.460 e. The Morgan fingerprint density at radius 1 is 1.17 bits per heavy atom. The predicted molar refractivity (Wildman–Crippen MR) is 92.6 cm³/mol. The molecule has 0 heterocycles. The molecule has 2 rings (SSSR count). The van der Waals surface area contributed by atoms with Crippen LogP contribution in [0.4, 0.5) is 0 Å². The standard InChI is InChI=1S/C16H17BrNO4P/c1-12(16(19)21-11-13-5-3-2-4-6-13)18-23(20)22-15-9-7-14(17)8-10-15/h2-10,12,23H,11H2,1H3,(H,18,20)/t12-/m0/s1. The van der Waals surface area contributed by atoms with E-state index < -0.39 is 20.2 Å². The molecule has 7 heteroatoms. The van der Waals surface area contributed by atoms with E-state index in [1.54, 1.807) is 31.2 Å². The first kappa shape index (κ1) is 17.7. The maximum atomic E-state index is 11.9. The molecule has 1 unspecified atom stereocenters. The van der Waals surface area contributed by atoms with Crippen molar-refractivity contribution < 1.29 is 18.6 Å². The topological polar surface area (TPSA) is 64.6 Å². The summed E-state index contributed by atoms with van der Waals surface area (Å²) < 4.78 is 23.2. The number of halogens is 1. The zero-order valence-electron chi connectivity index (χ0n) is 12.5. The van der Waals surface area contributed by atoms with Crippen LogP contribution in [0.25, 0.3) is 0 Å². The first-order valence-electron chi connectivity index (χ1n) is 6.99. The van der Waals surface area contributed by atoms with E-state index >= 15 is 0 Å². The highest BCUT2D eigenvalue weighted by molar-refractivity contribution is 9.10. The van der Waals surface area contributed by atoms with Crippen LogP contribution in [-0.4, -0.2) is 12.0 Å². The molecule has 2 aromatic rings. The van der Waals surface area contributed by atoms with Crippen LogP contribution in [0.15, 0.2) is 59.1 Å². The lowest BCUT2D eigenvalue weighted by atomic mass is 10.2. The first-order chi connectivity index (χ1) is 11.0. The molecule has 0 amide bonds. The second-order valence-electron chi connectivity index (χ2n) is 4.80. The number of ether oxygens (including phenoxy) is 1. The Bertz CT molecular complexity index is 664. The molecule has 0 radical (unpaired) electrons. The normalized spacial score (nSPS) is 13.1. The lowest BCUT2D eigenvalue weighted by Crippen LogP contribution is -2.31. The van der Waals surface area contributed by atoms with Gasteiger partial charge in [0.15, 0.2) is 0 Å². The van der Waals surface area contributed by atoms with Gasteiger partial charge in [-0.05, 0) is 36.8 Å². The highest BCUT2D eigenvalue weighted by Gasteiger charge is 2.17. The molecule has 23 heavy (non-hydrogen) atoms. The van der Waals surface area contributed by atoms with Crippen molar-refractivity contribution in [2.45, 2.75) is 19.6 Å². The molecule has 2 atom stereocenters. The molecule has 0 spiro atoms. The lowest BCUT2D eigenvalue weighted by Gasteiger charge is -2.14. The van der Waals surface area contributed by atoms with Crippen molar-refractivity contribution >= 4 is 30.1 Å². The van der Waals surface area contributed by atoms with Crippen LogP contribution < -0.4 is 9.61 Å². The van der Waals surface area contributed by atoms with Gasteiger partial charge in [0.25, 0.3) is 0 Å². The van der Waals surface area contributed by atoms with E-state index in [1.165, 1.54) is 0 Å². The second-order valence-corrected chi connectivity index (χ2v) is 6.79. The molecule has 0 aliphatic heterocycles. The number of hydrogen-bond acceptors (Lipinski definition) is 4. The van der Waals surface area contributed by atoms with Crippen molar-refractivity contribution in [3.8, 4) is 5.75 Å². The average Bonchev–Trinajstić information content (AvgIpc) is 2.55. The minimum absolute atomic E-state index is 0.181. The van der Waals surface area contributed by atoms with Gasteiger partial charge in [0, 0.05) is 4.47 Å². The van der Waals surface area contributed by atoms with Gasteiger partial charge < -0.3 is 9.26 Å². The van der Waals surface area contributed by atoms with E-state index in [2.05, 4.69) is 21.0 Å². The summed E-state index contributed by atoms with van der Waals surface area (Å²) >= 11 is 3.31. The monoisotopic (exact) mass is 397 g/mol. The fourth-order valence-electron chi connectivity index (χ4n) is 1.73. The number of rotatable bonds is 7. The van der Waals surface area contributed by atoms with Gasteiger partial charge >= 0.3 is 14.1 Å². The Balaban J connectivity index is 1.78. The van der Waals surface area contributed by atoms with Crippen LogP contribution in [0.2, 0.25) is 0 Å². The Kier molecular flexibility index (Phi) is 6.84. The summed E-state index contributed by atoms with van der Waals surface area (Å²) in [6.07, 6.45) is 0. The molecular weight excluding hydrogens is 381 g/mol. The number of esters is 1. The maximum absolute atomic E-state index is 11.9. The van der Waals surface area contributed by atoms with Crippen LogP contribution >= 0.6 is 24.1 Å². The minimum atomic E-state index is -2.60. The van der Waals surface area contributed by atoms with Gasteiger partial charge in [0.05, 0.1) is 0 Å². The molecule has 1 N–H and O–H groups in total. The summed E-state index contributed by atoms with van der Waals surface area (Å²) in [4.78, 5) is 11.9. The van der Waals surface area contributed by atoms with Crippen molar-refractivity contribution in [2.24, 2.45) is 0 Å².